The van der Waals surface area contributed by atoms with Crippen molar-refractivity contribution in [2.45, 2.75) is 18.8 Å². The second-order valence-corrected chi connectivity index (χ2v) is 5.15. The Morgan fingerprint density at radius 3 is 3.11 bits per heavy atom. The minimum Gasteiger partial charge on any atom is -0.338 e. The smallest absolute Gasteiger partial charge is 0.234 e. The normalized spacial score (nSPS) is 23.4. The molecule has 2 aromatic heterocycles. The van der Waals surface area contributed by atoms with Crippen LogP contribution < -0.4 is 5.32 Å². The molecule has 1 N–H and O–H groups in total. The molecule has 1 atom stereocenters. The van der Waals surface area contributed by atoms with Crippen LogP contribution in [0.4, 0.5) is 0 Å². The van der Waals surface area contributed by atoms with Gasteiger partial charge in [-0.25, -0.2) is 0 Å². The zero-order valence-corrected chi connectivity index (χ0v) is 10.7. The molecule has 18 heavy (non-hydrogen) atoms. The van der Waals surface area contributed by atoms with Crippen LogP contribution >= 0.6 is 11.6 Å². The van der Waals surface area contributed by atoms with E-state index >= 15 is 0 Å². The van der Waals surface area contributed by atoms with Gasteiger partial charge in [0.25, 0.3) is 0 Å². The third kappa shape index (κ3) is 1.89. The summed E-state index contributed by atoms with van der Waals surface area (Å²) in [5, 5.41) is 7.81. The minimum atomic E-state index is -0.0908. The van der Waals surface area contributed by atoms with Gasteiger partial charge in [-0.05, 0) is 32.0 Å². The van der Waals surface area contributed by atoms with E-state index in [0.717, 1.165) is 19.5 Å². The largest absolute Gasteiger partial charge is 0.338 e. The van der Waals surface area contributed by atoms with Gasteiger partial charge < -0.3 is 9.84 Å². The first kappa shape index (κ1) is 11.6. The molecule has 1 aliphatic heterocycles. The highest BCUT2D eigenvalue weighted by molar-refractivity contribution is 6.32. The van der Waals surface area contributed by atoms with Crippen LogP contribution in [0.3, 0.4) is 0 Å². The molecule has 1 fully saturated rings. The van der Waals surface area contributed by atoms with Crippen molar-refractivity contribution in [3.63, 3.8) is 0 Å². The van der Waals surface area contributed by atoms with Crippen molar-refractivity contribution in [1.29, 1.82) is 0 Å². The number of nitrogens with zero attached hydrogens (tertiary/aromatic N) is 3. The molecule has 1 aliphatic rings. The topological polar surface area (TPSA) is 63.8 Å². The van der Waals surface area contributed by atoms with Crippen molar-refractivity contribution < 1.29 is 4.52 Å². The van der Waals surface area contributed by atoms with Crippen LogP contribution in [0.15, 0.2) is 22.9 Å². The van der Waals surface area contributed by atoms with Crippen LogP contribution in [-0.2, 0) is 5.41 Å². The number of halogens is 1. The lowest BCUT2D eigenvalue weighted by atomic mass is 9.90. The van der Waals surface area contributed by atoms with Gasteiger partial charge in [0.15, 0.2) is 0 Å². The number of hydrogen-bond acceptors (Lipinski definition) is 5. The van der Waals surface area contributed by atoms with Crippen molar-refractivity contribution in [2.75, 3.05) is 13.1 Å². The molecular formula is C12H13ClN4O. The molecule has 0 bridgehead atoms. The number of pyridine rings is 1. The molecule has 0 saturated carbocycles. The molecule has 2 aromatic rings. The van der Waals surface area contributed by atoms with E-state index < -0.39 is 0 Å². The zero-order valence-electron chi connectivity index (χ0n) is 9.98. The van der Waals surface area contributed by atoms with Gasteiger partial charge in [0, 0.05) is 12.7 Å². The number of nitrogens with one attached hydrogen (secondary N) is 1. The van der Waals surface area contributed by atoms with E-state index in [0.29, 0.717) is 22.4 Å². The van der Waals surface area contributed by atoms with Crippen LogP contribution in [0.1, 0.15) is 19.2 Å². The number of aromatic nitrogens is 3. The van der Waals surface area contributed by atoms with E-state index in [9.17, 15) is 0 Å². The van der Waals surface area contributed by atoms with Gasteiger partial charge in [0.05, 0.1) is 10.4 Å². The Morgan fingerprint density at radius 1 is 1.50 bits per heavy atom. The Kier molecular flexibility index (Phi) is 2.80. The highest BCUT2D eigenvalue weighted by Crippen LogP contribution is 2.31. The molecule has 0 amide bonds. The van der Waals surface area contributed by atoms with E-state index in [1.807, 2.05) is 0 Å². The maximum atomic E-state index is 6.07. The molecule has 3 heterocycles. The Hall–Kier alpha value is -1.46. The van der Waals surface area contributed by atoms with Crippen LogP contribution in [0, 0.1) is 0 Å². The lowest BCUT2D eigenvalue weighted by Crippen LogP contribution is -2.25. The predicted octanol–water partition coefficient (Wildman–Crippen LogP) is 2.04. The van der Waals surface area contributed by atoms with Crippen molar-refractivity contribution in [1.82, 2.24) is 20.4 Å². The van der Waals surface area contributed by atoms with Gasteiger partial charge in [-0.2, -0.15) is 4.98 Å². The molecule has 3 rings (SSSR count). The van der Waals surface area contributed by atoms with Crippen LogP contribution in [0.25, 0.3) is 11.5 Å². The van der Waals surface area contributed by atoms with Crippen molar-refractivity contribution in [3.8, 4) is 11.5 Å². The molecule has 6 heteroatoms. The molecule has 1 saturated heterocycles. The summed E-state index contributed by atoms with van der Waals surface area (Å²) in [6, 6.07) is 3.54. The Labute approximate surface area is 110 Å². The third-order valence-corrected chi connectivity index (χ3v) is 3.59. The minimum absolute atomic E-state index is 0.0908. The van der Waals surface area contributed by atoms with Gasteiger partial charge >= 0.3 is 0 Å². The average Bonchev–Trinajstić information content (AvgIpc) is 2.99. The van der Waals surface area contributed by atoms with Crippen LogP contribution in [0.2, 0.25) is 5.02 Å². The first-order chi connectivity index (χ1) is 8.69. The second kappa shape index (κ2) is 4.33. The highest BCUT2D eigenvalue weighted by atomic mass is 35.5. The van der Waals surface area contributed by atoms with Gasteiger partial charge in [0.1, 0.15) is 5.69 Å². The van der Waals surface area contributed by atoms with E-state index in [4.69, 9.17) is 16.1 Å². The number of rotatable bonds is 2. The molecule has 0 aromatic carbocycles. The molecule has 94 valence electrons. The summed E-state index contributed by atoms with van der Waals surface area (Å²) in [5.74, 6) is 1.09. The van der Waals surface area contributed by atoms with E-state index in [1.54, 1.807) is 18.3 Å². The Balaban J connectivity index is 1.97. The van der Waals surface area contributed by atoms with Crippen molar-refractivity contribution in [2.24, 2.45) is 0 Å². The van der Waals surface area contributed by atoms with Gasteiger partial charge in [0.2, 0.25) is 11.7 Å². The molecule has 1 unspecified atom stereocenters. The summed E-state index contributed by atoms with van der Waals surface area (Å²) in [4.78, 5) is 8.61. The van der Waals surface area contributed by atoms with Gasteiger partial charge in [-0.15, -0.1) is 0 Å². The van der Waals surface area contributed by atoms with Crippen LogP contribution in [-0.4, -0.2) is 28.2 Å². The van der Waals surface area contributed by atoms with Gasteiger partial charge in [-0.1, -0.05) is 16.8 Å². The molecule has 0 spiro atoms. The standard InChI is InChI=1S/C12H13ClN4O/c1-12(4-6-14-7-12)11-16-10(17-18-11)9-8(13)3-2-5-15-9/h2-3,5,14H,4,6-7H2,1H3. The fourth-order valence-electron chi connectivity index (χ4n) is 2.11. The maximum absolute atomic E-state index is 6.07. The summed E-state index contributed by atoms with van der Waals surface area (Å²) in [6.45, 7) is 3.94. The van der Waals surface area contributed by atoms with E-state index in [2.05, 4.69) is 27.4 Å². The summed E-state index contributed by atoms with van der Waals surface area (Å²) in [5.41, 5.74) is 0.468. The molecular weight excluding hydrogens is 252 g/mol. The van der Waals surface area contributed by atoms with Crippen molar-refractivity contribution >= 4 is 11.6 Å². The summed E-state index contributed by atoms with van der Waals surface area (Å²) < 4.78 is 5.36. The zero-order chi connectivity index (χ0) is 12.6. The first-order valence-electron chi connectivity index (χ1n) is 5.85. The fourth-order valence-corrected chi connectivity index (χ4v) is 2.32. The summed E-state index contributed by atoms with van der Waals surface area (Å²) >= 11 is 6.07. The molecule has 0 aliphatic carbocycles. The summed E-state index contributed by atoms with van der Waals surface area (Å²) in [7, 11) is 0. The Morgan fingerprint density at radius 2 is 2.39 bits per heavy atom. The fraction of sp³-hybridized carbons (Fsp3) is 0.417. The quantitative estimate of drug-likeness (QED) is 0.899. The predicted molar refractivity (Wildman–Crippen MR) is 67.4 cm³/mol. The summed E-state index contributed by atoms with van der Waals surface area (Å²) in [6.07, 6.45) is 2.65. The maximum Gasteiger partial charge on any atom is 0.234 e. The van der Waals surface area contributed by atoms with Crippen molar-refractivity contribution in [3.05, 3.63) is 29.2 Å². The van der Waals surface area contributed by atoms with Gasteiger partial charge in [-0.3, -0.25) is 4.98 Å². The number of hydrogen-bond donors (Lipinski definition) is 1. The molecule has 0 radical (unpaired) electrons. The highest BCUT2D eigenvalue weighted by Gasteiger charge is 2.36. The average molecular weight is 265 g/mol. The molecule has 5 nitrogen and oxygen atoms in total. The lowest BCUT2D eigenvalue weighted by Gasteiger charge is -2.15. The lowest BCUT2D eigenvalue weighted by molar-refractivity contribution is 0.306. The Bertz CT molecular complexity index is 563. The third-order valence-electron chi connectivity index (χ3n) is 3.28. The van der Waals surface area contributed by atoms with E-state index in [-0.39, 0.29) is 5.41 Å². The van der Waals surface area contributed by atoms with Crippen LogP contribution in [0.5, 0.6) is 0 Å². The van der Waals surface area contributed by atoms with E-state index in [1.165, 1.54) is 0 Å². The first-order valence-corrected chi connectivity index (χ1v) is 6.23. The second-order valence-electron chi connectivity index (χ2n) is 4.74. The monoisotopic (exact) mass is 264 g/mol. The SMILES string of the molecule is CC1(c2nc(-c3ncccc3Cl)no2)CCNC1.